The summed E-state index contributed by atoms with van der Waals surface area (Å²) in [5.74, 6) is -3.24. The first-order chi connectivity index (χ1) is 19.1. The summed E-state index contributed by atoms with van der Waals surface area (Å²) in [5, 5.41) is 47.6. The van der Waals surface area contributed by atoms with Gasteiger partial charge in [-0.05, 0) is 48.5 Å². The molecule has 0 radical (unpaired) electrons. The van der Waals surface area contributed by atoms with Gasteiger partial charge in [0, 0.05) is 23.3 Å². The molecular weight excluding hydrogens is 524 g/mol. The molecule has 0 atom stereocenters. The number of aromatic hydroxyl groups is 2. The molecule has 13 heteroatoms. The molecule has 0 unspecified atom stereocenters. The number of ketones is 1. The van der Waals surface area contributed by atoms with E-state index in [1.54, 1.807) is 0 Å². The van der Waals surface area contributed by atoms with Crippen molar-refractivity contribution >= 4 is 40.3 Å². The molecule has 0 heterocycles. The fourth-order valence-electron chi connectivity index (χ4n) is 3.75. The highest BCUT2D eigenvalue weighted by molar-refractivity contribution is 6.13. The van der Waals surface area contributed by atoms with Gasteiger partial charge in [-0.15, -0.1) is 0 Å². The number of nitrogens with zero attached hydrogens (tertiary/aromatic N) is 2. The van der Waals surface area contributed by atoms with Crippen molar-refractivity contribution in [1.82, 2.24) is 0 Å². The molecule has 2 amide bonds. The average molecular weight is 542 g/mol. The number of carbonyl (C=O) groups excluding carboxylic acids is 3. The molecule has 40 heavy (non-hydrogen) atoms. The second kappa shape index (κ2) is 11.1. The normalized spacial score (nSPS) is 10.4. The van der Waals surface area contributed by atoms with E-state index in [2.05, 4.69) is 10.6 Å². The van der Waals surface area contributed by atoms with Crippen molar-refractivity contribution in [2.24, 2.45) is 0 Å². The van der Waals surface area contributed by atoms with Crippen LogP contribution in [0.5, 0.6) is 11.5 Å². The zero-order chi connectivity index (χ0) is 29.0. The molecule has 13 nitrogen and oxygen atoms in total. The Labute approximate surface area is 224 Å². The van der Waals surface area contributed by atoms with Gasteiger partial charge in [-0.3, -0.25) is 34.6 Å². The first kappa shape index (κ1) is 26.9. The third-order valence-electron chi connectivity index (χ3n) is 5.70. The van der Waals surface area contributed by atoms with Gasteiger partial charge in [0.1, 0.15) is 22.6 Å². The van der Waals surface area contributed by atoms with E-state index in [1.165, 1.54) is 48.5 Å². The van der Waals surface area contributed by atoms with Crippen molar-refractivity contribution in [2.75, 3.05) is 10.6 Å². The van der Waals surface area contributed by atoms with Gasteiger partial charge in [0.05, 0.1) is 21.2 Å². The number of phenolic OH excluding ortho intramolecular Hbond substituents is 2. The zero-order valence-electron chi connectivity index (χ0n) is 20.2. The number of nitro groups is 2. The Morgan fingerprint density at radius 3 is 1.35 bits per heavy atom. The third-order valence-corrected chi connectivity index (χ3v) is 5.70. The van der Waals surface area contributed by atoms with E-state index in [-0.39, 0.29) is 33.6 Å². The average Bonchev–Trinajstić information content (AvgIpc) is 2.94. The van der Waals surface area contributed by atoms with Gasteiger partial charge in [-0.2, -0.15) is 0 Å². The van der Waals surface area contributed by atoms with Gasteiger partial charge in [-0.1, -0.05) is 24.3 Å². The molecule has 0 aliphatic heterocycles. The third kappa shape index (κ3) is 5.57. The van der Waals surface area contributed by atoms with E-state index in [1.807, 2.05) is 0 Å². The lowest BCUT2D eigenvalue weighted by molar-refractivity contribution is -0.385. The van der Waals surface area contributed by atoms with Crippen LogP contribution in [0.25, 0.3) is 0 Å². The lowest BCUT2D eigenvalue weighted by Crippen LogP contribution is -2.15. The smallest absolute Gasteiger partial charge is 0.282 e. The Kier molecular flexibility index (Phi) is 7.48. The number of para-hydroxylation sites is 2. The number of benzene rings is 4. The number of amides is 2. The summed E-state index contributed by atoms with van der Waals surface area (Å²) < 4.78 is 0. The van der Waals surface area contributed by atoms with Gasteiger partial charge < -0.3 is 20.8 Å². The lowest BCUT2D eigenvalue weighted by Gasteiger charge is -2.11. The van der Waals surface area contributed by atoms with Crippen molar-refractivity contribution in [2.45, 2.75) is 0 Å². The van der Waals surface area contributed by atoms with Crippen molar-refractivity contribution in [3.63, 3.8) is 0 Å². The van der Waals surface area contributed by atoms with Crippen LogP contribution in [-0.4, -0.2) is 37.7 Å². The molecule has 0 fully saturated rings. The molecular formula is C27H18N4O9. The van der Waals surface area contributed by atoms with E-state index in [9.17, 15) is 44.8 Å². The molecule has 0 aromatic heterocycles. The summed E-state index contributed by atoms with van der Waals surface area (Å²) >= 11 is 0. The minimum Gasteiger partial charge on any atom is -0.506 e. The van der Waals surface area contributed by atoms with Gasteiger partial charge in [0.15, 0.2) is 5.78 Å². The molecule has 4 N–H and O–H groups in total. The van der Waals surface area contributed by atoms with Crippen LogP contribution in [0.3, 0.4) is 0 Å². The summed E-state index contributed by atoms with van der Waals surface area (Å²) in [6.07, 6.45) is 0. The predicted octanol–water partition coefficient (Wildman–Crippen LogP) is 4.65. The number of carbonyl (C=O) groups is 3. The number of hydrogen-bond acceptors (Lipinski definition) is 9. The maximum atomic E-state index is 13.2. The summed E-state index contributed by atoms with van der Waals surface area (Å²) in [6, 6.07) is 17.5. The Balaban J connectivity index is 1.60. The summed E-state index contributed by atoms with van der Waals surface area (Å²) in [7, 11) is 0. The standard InChI is InChI=1S/C27H18N4O9/c32-23-11-9-15(13-19(23)28-26(35)17-5-1-3-7-21(17)30(37)38)25(34)16-10-12-24(33)20(14-16)29-27(36)18-6-2-4-8-22(18)31(39)40/h1-14,32-33H,(H,28,35)(H,29,36). The Hall–Kier alpha value is -6.11. The highest BCUT2D eigenvalue weighted by Crippen LogP contribution is 2.30. The first-order valence-electron chi connectivity index (χ1n) is 11.4. The van der Waals surface area contributed by atoms with Crippen LogP contribution in [0, 0.1) is 20.2 Å². The molecule has 4 aromatic rings. The summed E-state index contributed by atoms with van der Waals surface area (Å²) in [5.41, 5.74) is -1.86. The van der Waals surface area contributed by atoms with E-state index < -0.39 is 50.3 Å². The molecule has 0 bridgehead atoms. The molecule has 0 spiro atoms. The lowest BCUT2D eigenvalue weighted by atomic mass is 10.0. The SMILES string of the molecule is O=C(c1ccc(O)c(NC(=O)c2ccccc2[N+](=O)[O-])c1)c1ccc(O)c(NC(=O)c2ccccc2[N+](=O)[O-])c1. The van der Waals surface area contributed by atoms with Gasteiger partial charge >= 0.3 is 0 Å². The second-order valence-corrected chi connectivity index (χ2v) is 8.25. The topological polar surface area (TPSA) is 202 Å². The van der Waals surface area contributed by atoms with Crippen LogP contribution in [-0.2, 0) is 0 Å². The van der Waals surface area contributed by atoms with Crippen LogP contribution < -0.4 is 10.6 Å². The first-order valence-corrected chi connectivity index (χ1v) is 11.4. The number of phenols is 2. The van der Waals surface area contributed by atoms with Crippen LogP contribution in [0.2, 0.25) is 0 Å². The zero-order valence-corrected chi connectivity index (χ0v) is 20.2. The fraction of sp³-hybridized carbons (Fsp3) is 0. The minimum absolute atomic E-state index is 0.0164. The molecule has 0 aliphatic rings. The van der Waals surface area contributed by atoms with E-state index in [0.29, 0.717) is 0 Å². The number of rotatable bonds is 8. The van der Waals surface area contributed by atoms with E-state index >= 15 is 0 Å². The van der Waals surface area contributed by atoms with Crippen molar-refractivity contribution in [3.8, 4) is 11.5 Å². The molecule has 0 saturated carbocycles. The van der Waals surface area contributed by atoms with Crippen LogP contribution in [0.4, 0.5) is 22.7 Å². The largest absolute Gasteiger partial charge is 0.506 e. The Bertz CT molecular complexity index is 1580. The molecule has 200 valence electrons. The second-order valence-electron chi connectivity index (χ2n) is 8.25. The maximum absolute atomic E-state index is 13.2. The van der Waals surface area contributed by atoms with Crippen LogP contribution >= 0.6 is 0 Å². The molecule has 0 saturated heterocycles. The quantitative estimate of drug-likeness (QED) is 0.106. The monoisotopic (exact) mass is 542 g/mol. The molecule has 4 rings (SSSR count). The highest BCUT2D eigenvalue weighted by atomic mass is 16.6. The van der Waals surface area contributed by atoms with Crippen LogP contribution in [0.1, 0.15) is 36.6 Å². The highest BCUT2D eigenvalue weighted by Gasteiger charge is 2.23. The maximum Gasteiger partial charge on any atom is 0.282 e. The van der Waals surface area contributed by atoms with E-state index in [4.69, 9.17) is 0 Å². The Morgan fingerprint density at radius 2 is 0.975 bits per heavy atom. The molecule has 0 aliphatic carbocycles. The van der Waals surface area contributed by atoms with Crippen molar-refractivity contribution < 1.29 is 34.4 Å². The minimum atomic E-state index is -0.892. The van der Waals surface area contributed by atoms with Crippen LogP contribution in [0.15, 0.2) is 84.9 Å². The predicted molar refractivity (Wildman–Crippen MR) is 142 cm³/mol. The molecule has 4 aromatic carbocycles. The number of nitro benzene ring substituents is 2. The number of hydrogen-bond donors (Lipinski definition) is 4. The van der Waals surface area contributed by atoms with Crippen molar-refractivity contribution in [1.29, 1.82) is 0 Å². The van der Waals surface area contributed by atoms with Gasteiger partial charge in [-0.25, -0.2) is 0 Å². The van der Waals surface area contributed by atoms with Gasteiger partial charge in [0.2, 0.25) is 0 Å². The van der Waals surface area contributed by atoms with Gasteiger partial charge in [0.25, 0.3) is 23.2 Å². The fourth-order valence-corrected chi connectivity index (χ4v) is 3.75. The summed E-state index contributed by atoms with van der Waals surface area (Å²) in [4.78, 5) is 59.6. The van der Waals surface area contributed by atoms with Crippen molar-refractivity contribution in [3.05, 3.63) is 127 Å². The summed E-state index contributed by atoms with van der Waals surface area (Å²) in [6.45, 7) is 0. The van der Waals surface area contributed by atoms with E-state index in [0.717, 1.165) is 36.4 Å². The number of nitrogens with one attached hydrogen (secondary N) is 2. The Morgan fingerprint density at radius 1 is 0.600 bits per heavy atom. The number of anilines is 2.